The molecule has 0 bridgehead atoms. The molecule has 2 N–H and O–H groups in total. The van der Waals surface area contributed by atoms with Crippen LogP contribution in [0.15, 0.2) is 18.2 Å². The first-order valence-electron chi connectivity index (χ1n) is 11.5. The molecule has 1 aromatic rings. The summed E-state index contributed by atoms with van der Waals surface area (Å²) in [6.07, 6.45) is 0.910. The molecule has 1 saturated heterocycles. The molecule has 10 nitrogen and oxygen atoms in total. The van der Waals surface area contributed by atoms with Crippen molar-refractivity contribution in [2.75, 3.05) is 13.3 Å². The summed E-state index contributed by atoms with van der Waals surface area (Å²) in [6.45, 7) is 7.47. The van der Waals surface area contributed by atoms with E-state index in [1.54, 1.807) is 18.2 Å². The predicted octanol–water partition coefficient (Wildman–Crippen LogP) is 2.10. The lowest BCUT2D eigenvalue weighted by Gasteiger charge is -2.43. The van der Waals surface area contributed by atoms with Gasteiger partial charge in [0.25, 0.3) is 11.8 Å². The van der Waals surface area contributed by atoms with Gasteiger partial charge in [0.05, 0.1) is 0 Å². The Kier molecular flexibility index (Phi) is 6.18. The van der Waals surface area contributed by atoms with Crippen molar-refractivity contribution in [2.24, 2.45) is 11.3 Å². The highest BCUT2D eigenvalue weighted by Crippen LogP contribution is 2.46. The number of ether oxygens (including phenoxy) is 3. The molecular formula is C24H31N3O7. The molecule has 184 valence electrons. The van der Waals surface area contributed by atoms with Crippen LogP contribution in [0.1, 0.15) is 52.5 Å². The number of amides is 4. The number of hydrogen-bond donors (Lipinski definition) is 2. The molecule has 1 aliphatic carbocycles. The lowest BCUT2D eigenvalue weighted by molar-refractivity contribution is -0.157. The van der Waals surface area contributed by atoms with Crippen LogP contribution in [-0.2, 0) is 25.7 Å². The zero-order valence-corrected chi connectivity index (χ0v) is 19.9. The van der Waals surface area contributed by atoms with Gasteiger partial charge in [0.2, 0.25) is 6.79 Å². The molecule has 2 fully saturated rings. The summed E-state index contributed by atoms with van der Waals surface area (Å²) in [4.78, 5) is 51.5. The Bertz CT molecular complexity index is 1020. The number of carbonyl (C=O) groups excluding carboxylic acids is 4. The van der Waals surface area contributed by atoms with Crippen LogP contribution < -0.4 is 20.1 Å². The molecule has 0 aromatic heterocycles. The van der Waals surface area contributed by atoms with E-state index in [9.17, 15) is 19.2 Å². The van der Waals surface area contributed by atoms with Crippen molar-refractivity contribution >= 4 is 23.8 Å². The fourth-order valence-electron chi connectivity index (χ4n) is 5.45. The van der Waals surface area contributed by atoms with Crippen LogP contribution in [0.2, 0.25) is 0 Å². The molecule has 34 heavy (non-hydrogen) atoms. The third-order valence-corrected chi connectivity index (χ3v) is 6.49. The lowest BCUT2D eigenvalue weighted by atomic mass is 9.64. The van der Waals surface area contributed by atoms with Gasteiger partial charge in [-0.25, -0.2) is 4.79 Å². The molecule has 0 radical (unpaired) electrons. The van der Waals surface area contributed by atoms with Crippen molar-refractivity contribution in [3.63, 3.8) is 0 Å². The molecule has 4 amide bonds. The van der Waals surface area contributed by atoms with Crippen LogP contribution in [0.4, 0.5) is 4.79 Å². The molecule has 1 spiro atoms. The second-order valence-corrected chi connectivity index (χ2v) is 10.3. The fourth-order valence-corrected chi connectivity index (χ4v) is 5.45. The molecular weight excluding hydrogens is 442 g/mol. The molecule has 3 atom stereocenters. The summed E-state index contributed by atoms with van der Waals surface area (Å²) in [7, 11) is 0. The minimum absolute atomic E-state index is 0.109. The third kappa shape index (κ3) is 4.80. The van der Waals surface area contributed by atoms with E-state index in [1.165, 1.54) is 6.92 Å². The largest absolute Gasteiger partial charge is 0.454 e. The number of nitrogens with one attached hydrogen (secondary N) is 2. The van der Waals surface area contributed by atoms with Gasteiger partial charge in [-0.3, -0.25) is 19.3 Å². The molecule has 4 rings (SSSR count). The van der Waals surface area contributed by atoms with Crippen molar-refractivity contribution in [2.45, 2.75) is 65.1 Å². The van der Waals surface area contributed by atoms with Crippen molar-refractivity contribution in [3.8, 4) is 11.5 Å². The summed E-state index contributed by atoms with van der Waals surface area (Å²) >= 11 is 0. The van der Waals surface area contributed by atoms with Gasteiger partial charge in [-0.05, 0) is 55.2 Å². The number of imide groups is 1. The maximum absolute atomic E-state index is 13.2. The first-order valence-corrected chi connectivity index (χ1v) is 11.5. The molecule has 10 heteroatoms. The van der Waals surface area contributed by atoms with Gasteiger partial charge in [0.1, 0.15) is 12.1 Å². The normalized spacial score (nSPS) is 25.8. The average molecular weight is 474 g/mol. The topological polar surface area (TPSA) is 123 Å². The third-order valence-electron chi connectivity index (χ3n) is 6.49. The minimum atomic E-state index is -1.09. The standard InChI is InChI=1S/C24H31N3O7/c1-14-8-23(3,4)12-24(9-14)21(30)27(22(31)26-24)11-19(28)34-15(2)20(29)25-10-16-5-6-17-18(7-16)33-13-32-17/h5-7,14-15H,8-13H2,1-4H3,(H,25,29)(H,26,31). The van der Waals surface area contributed by atoms with Gasteiger partial charge < -0.3 is 24.8 Å². The first-order chi connectivity index (χ1) is 16.0. The second kappa shape index (κ2) is 8.81. The summed E-state index contributed by atoms with van der Waals surface area (Å²) in [5.74, 6) is -0.224. The van der Waals surface area contributed by atoms with Crippen LogP contribution in [0.5, 0.6) is 11.5 Å². The van der Waals surface area contributed by atoms with E-state index in [0.29, 0.717) is 24.3 Å². The van der Waals surface area contributed by atoms with E-state index in [4.69, 9.17) is 14.2 Å². The highest BCUT2D eigenvalue weighted by atomic mass is 16.7. The zero-order chi connectivity index (χ0) is 24.7. The zero-order valence-electron chi connectivity index (χ0n) is 19.9. The molecule has 2 aliphatic heterocycles. The number of esters is 1. The van der Waals surface area contributed by atoms with Gasteiger partial charge in [-0.2, -0.15) is 0 Å². The molecule has 3 aliphatic rings. The number of carbonyl (C=O) groups is 4. The molecule has 1 saturated carbocycles. The SMILES string of the molecule is CC1CC(C)(C)CC2(C1)NC(=O)N(CC(=O)OC(C)C(=O)NCc1ccc3c(c1)OCO3)C2=O. The fraction of sp³-hybridized carbons (Fsp3) is 0.583. The molecule has 1 aromatic carbocycles. The van der Waals surface area contributed by atoms with E-state index < -0.39 is 42.0 Å². The number of hydrogen-bond acceptors (Lipinski definition) is 7. The van der Waals surface area contributed by atoms with Crippen molar-refractivity contribution in [1.82, 2.24) is 15.5 Å². The van der Waals surface area contributed by atoms with E-state index in [1.807, 2.05) is 0 Å². The lowest BCUT2D eigenvalue weighted by Crippen LogP contribution is -2.54. The van der Waals surface area contributed by atoms with Crippen molar-refractivity contribution in [3.05, 3.63) is 23.8 Å². The highest BCUT2D eigenvalue weighted by molar-refractivity contribution is 6.08. The maximum atomic E-state index is 13.2. The number of fused-ring (bicyclic) bond motifs is 1. The first kappa shape index (κ1) is 23.8. The smallest absolute Gasteiger partial charge is 0.327 e. The van der Waals surface area contributed by atoms with Crippen LogP contribution >= 0.6 is 0 Å². The van der Waals surface area contributed by atoms with Crippen molar-refractivity contribution in [1.29, 1.82) is 0 Å². The van der Waals surface area contributed by atoms with Crippen molar-refractivity contribution < 1.29 is 33.4 Å². The van der Waals surface area contributed by atoms with Gasteiger partial charge in [-0.15, -0.1) is 0 Å². The Morgan fingerprint density at radius 1 is 1.24 bits per heavy atom. The summed E-state index contributed by atoms with van der Waals surface area (Å²) in [6, 6.07) is 4.71. The number of urea groups is 1. The Hall–Kier alpha value is -3.30. The van der Waals surface area contributed by atoms with E-state index in [-0.39, 0.29) is 24.7 Å². The monoisotopic (exact) mass is 473 g/mol. The Labute approximate surface area is 198 Å². The Morgan fingerprint density at radius 3 is 2.71 bits per heavy atom. The number of benzene rings is 1. The highest BCUT2D eigenvalue weighted by Gasteiger charge is 2.56. The summed E-state index contributed by atoms with van der Waals surface area (Å²) < 4.78 is 15.8. The van der Waals surface area contributed by atoms with E-state index >= 15 is 0 Å². The van der Waals surface area contributed by atoms with Crippen LogP contribution in [-0.4, -0.2) is 53.7 Å². The summed E-state index contributed by atoms with van der Waals surface area (Å²) in [5, 5.41) is 5.52. The Morgan fingerprint density at radius 2 is 1.97 bits per heavy atom. The maximum Gasteiger partial charge on any atom is 0.327 e. The van der Waals surface area contributed by atoms with Gasteiger partial charge in [0, 0.05) is 6.54 Å². The second-order valence-electron chi connectivity index (χ2n) is 10.3. The Balaban J connectivity index is 1.30. The van der Waals surface area contributed by atoms with E-state index in [2.05, 4.69) is 31.4 Å². The molecule has 3 unspecified atom stereocenters. The van der Waals surface area contributed by atoms with Crippen LogP contribution in [0.3, 0.4) is 0 Å². The van der Waals surface area contributed by atoms with Crippen LogP contribution in [0, 0.1) is 11.3 Å². The quantitative estimate of drug-likeness (QED) is 0.479. The van der Waals surface area contributed by atoms with Gasteiger partial charge in [0.15, 0.2) is 17.6 Å². The van der Waals surface area contributed by atoms with E-state index in [0.717, 1.165) is 16.9 Å². The predicted molar refractivity (Wildman–Crippen MR) is 120 cm³/mol. The minimum Gasteiger partial charge on any atom is -0.454 e. The average Bonchev–Trinajstić information content (AvgIpc) is 3.28. The number of rotatable bonds is 6. The summed E-state index contributed by atoms with van der Waals surface area (Å²) in [5.41, 5.74) is -0.307. The number of nitrogens with zero attached hydrogens (tertiary/aromatic N) is 1. The van der Waals surface area contributed by atoms with Gasteiger partial charge in [-0.1, -0.05) is 26.8 Å². The van der Waals surface area contributed by atoms with Crippen LogP contribution in [0.25, 0.3) is 0 Å². The molecule has 2 heterocycles. The van der Waals surface area contributed by atoms with Gasteiger partial charge >= 0.3 is 12.0 Å².